The van der Waals surface area contributed by atoms with Gasteiger partial charge in [-0.3, -0.25) is 0 Å². The number of carbonyl (C=O) groups excluding carboxylic acids is 1. The zero-order valence-corrected chi connectivity index (χ0v) is 9.70. The van der Waals surface area contributed by atoms with E-state index in [0.29, 0.717) is 0 Å². The zero-order valence-electron chi connectivity index (χ0n) is 8.13. The lowest BCUT2D eigenvalue weighted by atomic mass is 10.2. The van der Waals surface area contributed by atoms with Gasteiger partial charge >= 0.3 is 5.97 Å². The van der Waals surface area contributed by atoms with Crippen LogP contribution in [0.2, 0.25) is 5.15 Å². The first-order valence-electron chi connectivity index (χ1n) is 3.95. The van der Waals surface area contributed by atoms with Gasteiger partial charge in [0.15, 0.2) is 15.2 Å². The number of anilines is 1. The van der Waals surface area contributed by atoms with Crippen molar-refractivity contribution >= 4 is 34.0 Å². The topological polar surface area (TPSA) is 65.2 Å². The molecule has 1 heterocycles. The summed E-state index contributed by atoms with van der Waals surface area (Å²) in [6.07, 6.45) is 0. The molecule has 0 fully saturated rings. The minimum Gasteiger partial charge on any atom is -0.456 e. The first-order valence-corrected chi connectivity index (χ1v) is 5.14. The average molecular weight is 235 g/mol. The smallest absolute Gasteiger partial charge is 0.352 e. The highest BCUT2D eigenvalue weighted by Crippen LogP contribution is 2.26. The van der Waals surface area contributed by atoms with Crippen molar-refractivity contribution in [3.63, 3.8) is 0 Å². The second-order valence-electron chi connectivity index (χ2n) is 3.67. The van der Waals surface area contributed by atoms with E-state index in [1.54, 1.807) is 20.8 Å². The lowest BCUT2D eigenvalue weighted by Crippen LogP contribution is -2.23. The van der Waals surface area contributed by atoms with Gasteiger partial charge in [0, 0.05) is 0 Å². The van der Waals surface area contributed by atoms with Crippen LogP contribution >= 0.6 is 22.9 Å². The fourth-order valence-corrected chi connectivity index (χ4v) is 1.70. The van der Waals surface area contributed by atoms with Gasteiger partial charge < -0.3 is 10.5 Å². The lowest BCUT2D eigenvalue weighted by Gasteiger charge is -2.18. The van der Waals surface area contributed by atoms with Crippen LogP contribution in [0.15, 0.2) is 0 Å². The number of hydrogen-bond donors (Lipinski definition) is 1. The summed E-state index contributed by atoms with van der Waals surface area (Å²) in [6.45, 7) is 5.34. The van der Waals surface area contributed by atoms with Gasteiger partial charge in [0.05, 0.1) is 0 Å². The third kappa shape index (κ3) is 2.85. The number of halogens is 1. The SMILES string of the molecule is CC(C)(C)OC(=O)c1sc(N)nc1Cl. The van der Waals surface area contributed by atoms with Crippen LogP contribution in [0, 0.1) is 0 Å². The summed E-state index contributed by atoms with van der Waals surface area (Å²) in [4.78, 5) is 15.5. The van der Waals surface area contributed by atoms with Crippen molar-refractivity contribution in [2.45, 2.75) is 26.4 Å². The third-order valence-electron chi connectivity index (χ3n) is 1.19. The number of carbonyl (C=O) groups is 1. The minimum atomic E-state index is -0.542. The Balaban J connectivity index is 2.85. The van der Waals surface area contributed by atoms with E-state index < -0.39 is 11.6 Å². The molecular weight excluding hydrogens is 224 g/mol. The molecule has 0 bridgehead atoms. The van der Waals surface area contributed by atoms with E-state index in [9.17, 15) is 4.79 Å². The Morgan fingerprint density at radius 2 is 2.14 bits per heavy atom. The fraction of sp³-hybridized carbons (Fsp3) is 0.500. The van der Waals surface area contributed by atoms with Gasteiger partial charge in [-0.2, -0.15) is 0 Å². The second kappa shape index (κ2) is 3.74. The number of rotatable bonds is 1. The molecule has 0 aliphatic heterocycles. The molecule has 2 N–H and O–H groups in total. The van der Waals surface area contributed by atoms with E-state index in [1.807, 2.05) is 0 Å². The van der Waals surface area contributed by atoms with E-state index in [1.165, 1.54) is 0 Å². The van der Waals surface area contributed by atoms with Gasteiger partial charge in [-0.15, -0.1) is 0 Å². The maximum atomic E-state index is 11.5. The number of nitrogens with zero attached hydrogens (tertiary/aromatic N) is 1. The molecule has 0 amide bonds. The largest absolute Gasteiger partial charge is 0.456 e. The van der Waals surface area contributed by atoms with Crippen LogP contribution in [0.3, 0.4) is 0 Å². The van der Waals surface area contributed by atoms with Gasteiger partial charge in [-0.25, -0.2) is 9.78 Å². The lowest BCUT2D eigenvalue weighted by molar-refractivity contribution is 0.00752. The van der Waals surface area contributed by atoms with Crippen LogP contribution < -0.4 is 5.73 Å². The summed E-state index contributed by atoms with van der Waals surface area (Å²) < 4.78 is 5.11. The molecule has 0 unspecified atom stereocenters. The Morgan fingerprint density at radius 1 is 1.57 bits per heavy atom. The molecule has 0 aromatic carbocycles. The number of ether oxygens (including phenoxy) is 1. The van der Waals surface area contributed by atoms with Gasteiger partial charge in [0.1, 0.15) is 5.60 Å². The van der Waals surface area contributed by atoms with Crippen molar-refractivity contribution in [1.82, 2.24) is 4.98 Å². The number of nitrogens with two attached hydrogens (primary N) is 1. The number of thiazole rings is 1. The fourth-order valence-electron chi connectivity index (χ4n) is 0.767. The average Bonchev–Trinajstić information content (AvgIpc) is 2.26. The summed E-state index contributed by atoms with van der Waals surface area (Å²) >= 11 is 6.71. The monoisotopic (exact) mass is 234 g/mol. The Kier molecular flexibility index (Phi) is 3.01. The van der Waals surface area contributed by atoms with Crippen LogP contribution in [0.1, 0.15) is 30.4 Å². The minimum absolute atomic E-state index is 0.0988. The number of hydrogen-bond acceptors (Lipinski definition) is 5. The van der Waals surface area contributed by atoms with Gasteiger partial charge in [0.2, 0.25) is 0 Å². The summed E-state index contributed by atoms with van der Waals surface area (Å²) in [7, 11) is 0. The van der Waals surface area contributed by atoms with Crippen molar-refractivity contribution in [2.24, 2.45) is 0 Å². The van der Waals surface area contributed by atoms with E-state index in [2.05, 4.69) is 4.98 Å². The summed E-state index contributed by atoms with van der Waals surface area (Å²) in [5.74, 6) is -0.489. The molecule has 14 heavy (non-hydrogen) atoms. The number of nitrogen functional groups attached to an aromatic ring is 1. The number of esters is 1. The molecule has 6 heteroatoms. The highest BCUT2D eigenvalue weighted by Gasteiger charge is 2.22. The van der Waals surface area contributed by atoms with Crippen LogP contribution in [0.5, 0.6) is 0 Å². The molecule has 4 nitrogen and oxygen atoms in total. The molecule has 1 aromatic heterocycles. The summed E-state index contributed by atoms with van der Waals surface area (Å²) in [6, 6.07) is 0. The first kappa shape index (κ1) is 11.3. The van der Waals surface area contributed by atoms with Crippen molar-refractivity contribution in [3.05, 3.63) is 10.0 Å². The maximum absolute atomic E-state index is 11.5. The molecule has 1 rings (SSSR count). The van der Waals surface area contributed by atoms with E-state index in [0.717, 1.165) is 11.3 Å². The Bertz CT molecular complexity index is 357. The highest BCUT2D eigenvalue weighted by atomic mass is 35.5. The molecule has 78 valence electrons. The molecule has 1 aromatic rings. The molecule has 0 radical (unpaired) electrons. The van der Waals surface area contributed by atoms with Gasteiger partial charge in [-0.05, 0) is 20.8 Å². The van der Waals surface area contributed by atoms with Crippen molar-refractivity contribution in [1.29, 1.82) is 0 Å². The van der Waals surface area contributed by atoms with Crippen LogP contribution in [-0.2, 0) is 4.74 Å². The number of aromatic nitrogens is 1. The molecule has 0 atom stereocenters. The zero-order chi connectivity index (χ0) is 10.9. The molecule has 0 spiro atoms. The molecule has 0 saturated heterocycles. The summed E-state index contributed by atoms with van der Waals surface area (Å²) in [5, 5.41) is 0.359. The summed E-state index contributed by atoms with van der Waals surface area (Å²) in [5.41, 5.74) is 4.85. The second-order valence-corrected chi connectivity index (χ2v) is 5.06. The maximum Gasteiger partial charge on any atom is 0.352 e. The van der Waals surface area contributed by atoms with Crippen molar-refractivity contribution in [3.8, 4) is 0 Å². The Morgan fingerprint density at radius 3 is 2.50 bits per heavy atom. The van der Waals surface area contributed by atoms with Crippen LogP contribution in [-0.4, -0.2) is 16.6 Å². The first-order chi connectivity index (χ1) is 6.29. The normalized spacial score (nSPS) is 11.4. The third-order valence-corrected chi connectivity index (χ3v) is 2.44. The van der Waals surface area contributed by atoms with Gasteiger partial charge in [-0.1, -0.05) is 22.9 Å². The molecule has 0 aliphatic rings. The Hall–Kier alpha value is -0.810. The predicted octanol–water partition coefficient (Wildman–Crippen LogP) is 2.33. The Labute approximate surface area is 91.0 Å². The van der Waals surface area contributed by atoms with E-state index in [4.69, 9.17) is 22.1 Å². The predicted molar refractivity (Wildman–Crippen MR) is 56.7 cm³/mol. The standard InChI is InChI=1S/C8H11ClN2O2S/c1-8(2,3)13-6(12)4-5(9)11-7(10)14-4/h1-3H3,(H2,10,11). The quantitative estimate of drug-likeness (QED) is 0.758. The van der Waals surface area contributed by atoms with E-state index >= 15 is 0 Å². The van der Waals surface area contributed by atoms with Gasteiger partial charge in [0.25, 0.3) is 0 Å². The van der Waals surface area contributed by atoms with Crippen LogP contribution in [0.25, 0.3) is 0 Å². The van der Waals surface area contributed by atoms with Crippen LogP contribution in [0.4, 0.5) is 5.13 Å². The van der Waals surface area contributed by atoms with Crippen molar-refractivity contribution in [2.75, 3.05) is 5.73 Å². The van der Waals surface area contributed by atoms with Crippen molar-refractivity contribution < 1.29 is 9.53 Å². The van der Waals surface area contributed by atoms with E-state index in [-0.39, 0.29) is 15.2 Å². The molecule has 0 aliphatic carbocycles. The molecular formula is C8H11ClN2O2S. The highest BCUT2D eigenvalue weighted by molar-refractivity contribution is 7.17. The molecule has 0 saturated carbocycles.